The molecule has 0 amide bonds. The zero-order valence-corrected chi connectivity index (χ0v) is 15.3. The van der Waals surface area contributed by atoms with Crippen LogP contribution in [0.2, 0.25) is 0 Å². The summed E-state index contributed by atoms with van der Waals surface area (Å²) in [6.07, 6.45) is -0.291. The first kappa shape index (κ1) is 17.8. The van der Waals surface area contributed by atoms with E-state index < -0.39 is 18.4 Å². The van der Waals surface area contributed by atoms with Crippen molar-refractivity contribution in [3.05, 3.63) is 59.1 Å². The van der Waals surface area contributed by atoms with Gasteiger partial charge in [0.1, 0.15) is 12.3 Å². The molecule has 0 spiro atoms. The third-order valence-corrected chi connectivity index (χ3v) is 5.17. The maximum absolute atomic E-state index is 12.5. The van der Waals surface area contributed by atoms with E-state index in [4.69, 9.17) is 4.74 Å². The predicted molar refractivity (Wildman–Crippen MR) is 107 cm³/mol. The van der Waals surface area contributed by atoms with E-state index in [1.54, 1.807) is 4.57 Å². The molecule has 0 aliphatic carbocycles. The van der Waals surface area contributed by atoms with Gasteiger partial charge in [-0.2, -0.15) is 4.98 Å². The Morgan fingerprint density at radius 2 is 2.07 bits per heavy atom. The summed E-state index contributed by atoms with van der Waals surface area (Å²) in [5.41, 5.74) is 0.949. The minimum absolute atomic E-state index is 0.180. The molecule has 5 rings (SSSR count). The van der Waals surface area contributed by atoms with Crippen molar-refractivity contribution in [2.45, 2.75) is 24.9 Å². The van der Waals surface area contributed by atoms with Crippen molar-refractivity contribution in [1.29, 1.82) is 0 Å². The molecule has 1 aliphatic heterocycles. The number of benzene rings is 2. The summed E-state index contributed by atoms with van der Waals surface area (Å²) >= 11 is 0. The maximum atomic E-state index is 12.5. The fourth-order valence-corrected chi connectivity index (χ4v) is 3.71. The van der Waals surface area contributed by atoms with E-state index in [2.05, 4.69) is 20.3 Å². The van der Waals surface area contributed by atoms with Gasteiger partial charge in [-0.1, -0.05) is 36.4 Å². The number of fused-ring (bicyclic) bond motifs is 2. The molecule has 2 aromatic heterocycles. The van der Waals surface area contributed by atoms with E-state index in [0.29, 0.717) is 5.65 Å². The zero-order chi connectivity index (χ0) is 20.0. The van der Waals surface area contributed by atoms with Crippen LogP contribution in [0, 0.1) is 0 Å². The topological polar surface area (TPSA) is 125 Å². The van der Waals surface area contributed by atoms with E-state index in [1.165, 1.54) is 6.33 Å². The Hall–Kier alpha value is -3.27. The third kappa shape index (κ3) is 3.05. The van der Waals surface area contributed by atoms with Gasteiger partial charge < -0.3 is 20.3 Å². The Morgan fingerprint density at radius 3 is 2.90 bits per heavy atom. The highest BCUT2D eigenvalue weighted by molar-refractivity contribution is 5.95. The van der Waals surface area contributed by atoms with Crippen molar-refractivity contribution in [3.63, 3.8) is 0 Å². The smallest absolute Gasteiger partial charge is 0.280 e. The van der Waals surface area contributed by atoms with Gasteiger partial charge in [0.25, 0.3) is 5.56 Å². The Bertz CT molecular complexity index is 1250. The zero-order valence-electron chi connectivity index (χ0n) is 15.3. The largest absolute Gasteiger partial charge is 0.394 e. The number of aromatic nitrogens is 4. The molecule has 9 heteroatoms. The van der Waals surface area contributed by atoms with E-state index in [1.807, 2.05) is 42.5 Å². The Balaban J connectivity index is 1.55. The summed E-state index contributed by atoms with van der Waals surface area (Å²) in [7, 11) is 0. The fraction of sp³-hybridized carbons (Fsp3) is 0.250. The minimum atomic E-state index is -0.794. The molecule has 148 valence electrons. The predicted octanol–water partition coefficient (Wildman–Crippen LogP) is 1.66. The van der Waals surface area contributed by atoms with Gasteiger partial charge in [-0.25, -0.2) is 4.98 Å². The highest BCUT2D eigenvalue weighted by Crippen LogP contribution is 2.31. The highest BCUT2D eigenvalue weighted by atomic mass is 16.5. The fourth-order valence-electron chi connectivity index (χ4n) is 3.71. The van der Waals surface area contributed by atoms with Crippen LogP contribution in [0.25, 0.3) is 21.9 Å². The molecule has 0 radical (unpaired) electrons. The van der Waals surface area contributed by atoms with Gasteiger partial charge in [-0.3, -0.25) is 14.3 Å². The lowest BCUT2D eigenvalue weighted by Gasteiger charge is -2.14. The van der Waals surface area contributed by atoms with Crippen molar-refractivity contribution < 1.29 is 14.9 Å². The average molecular weight is 393 g/mol. The Morgan fingerprint density at radius 1 is 1.24 bits per heavy atom. The number of nitrogens with zero attached hydrogens (tertiary/aromatic N) is 3. The van der Waals surface area contributed by atoms with E-state index in [0.717, 1.165) is 16.5 Å². The summed E-state index contributed by atoms with van der Waals surface area (Å²) in [5.74, 6) is 0.276. The number of ether oxygens (including phenoxy) is 1. The molecule has 3 heterocycles. The second-order valence-electron chi connectivity index (χ2n) is 7.01. The van der Waals surface area contributed by atoms with Crippen molar-refractivity contribution in [3.8, 4) is 0 Å². The van der Waals surface area contributed by atoms with Crippen molar-refractivity contribution in [2.24, 2.45) is 0 Å². The molecular weight excluding hydrogens is 374 g/mol. The van der Waals surface area contributed by atoms with Crippen molar-refractivity contribution in [1.82, 2.24) is 19.5 Å². The van der Waals surface area contributed by atoms with Gasteiger partial charge >= 0.3 is 0 Å². The van der Waals surface area contributed by atoms with E-state index in [-0.39, 0.29) is 30.1 Å². The van der Waals surface area contributed by atoms with Gasteiger partial charge in [0.05, 0.1) is 19.0 Å². The molecule has 29 heavy (non-hydrogen) atoms. The van der Waals surface area contributed by atoms with Crippen molar-refractivity contribution >= 4 is 33.6 Å². The lowest BCUT2D eigenvalue weighted by atomic mass is 10.1. The molecule has 2 aromatic carbocycles. The number of rotatable bonds is 4. The number of anilines is 2. The quantitative estimate of drug-likeness (QED) is 0.415. The summed E-state index contributed by atoms with van der Waals surface area (Å²) < 4.78 is 7.29. The van der Waals surface area contributed by atoms with Crippen LogP contribution in [0.1, 0.15) is 12.6 Å². The first-order valence-electron chi connectivity index (χ1n) is 9.30. The lowest BCUT2D eigenvalue weighted by molar-refractivity contribution is -0.0432. The summed E-state index contributed by atoms with van der Waals surface area (Å²) in [6.45, 7) is -0.286. The number of H-pyrrole nitrogens is 1. The first-order chi connectivity index (χ1) is 14.1. The number of aromatic amines is 1. The number of aliphatic hydroxyl groups excluding tert-OH is 2. The van der Waals surface area contributed by atoms with Crippen LogP contribution in [0.4, 0.5) is 11.6 Å². The summed E-state index contributed by atoms with van der Waals surface area (Å²) in [5, 5.41) is 24.6. The van der Waals surface area contributed by atoms with Crippen LogP contribution in [0.15, 0.2) is 53.6 Å². The molecule has 1 aliphatic rings. The molecule has 1 fully saturated rings. The van der Waals surface area contributed by atoms with Gasteiger partial charge in [0.15, 0.2) is 11.2 Å². The van der Waals surface area contributed by atoms with Gasteiger partial charge in [0, 0.05) is 17.5 Å². The second-order valence-corrected chi connectivity index (χ2v) is 7.01. The molecule has 1 saturated heterocycles. The number of hydrogen-bond donors (Lipinski definition) is 4. The highest BCUT2D eigenvalue weighted by Gasteiger charge is 2.35. The molecule has 4 aromatic rings. The molecule has 0 saturated carbocycles. The number of hydrogen-bond acceptors (Lipinski definition) is 7. The van der Waals surface area contributed by atoms with Gasteiger partial charge in [-0.05, 0) is 11.5 Å². The minimum Gasteiger partial charge on any atom is -0.394 e. The average Bonchev–Trinajstić information content (AvgIpc) is 3.31. The summed E-state index contributed by atoms with van der Waals surface area (Å²) in [6, 6.07) is 13.8. The van der Waals surface area contributed by atoms with Crippen LogP contribution in [0.3, 0.4) is 0 Å². The van der Waals surface area contributed by atoms with Crippen LogP contribution in [0.5, 0.6) is 0 Å². The standard InChI is InChI=1S/C20H19N5O4/c26-9-15-14(27)8-16(29-15)25-10-21-17-18(25)23-20(24-19(17)28)22-13-7-3-5-11-4-1-2-6-12(11)13/h1-7,10,14-16,26-27H,8-9H2,(H2,22,23,24,28)/t14-,15+,16+/m0/s1. The Labute approximate surface area is 164 Å². The summed E-state index contributed by atoms with van der Waals surface area (Å²) in [4.78, 5) is 23.9. The molecular formula is C20H19N5O4. The van der Waals surface area contributed by atoms with Crippen molar-refractivity contribution in [2.75, 3.05) is 11.9 Å². The van der Waals surface area contributed by atoms with E-state index in [9.17, 15) is 15.0 Å². The SMILES string of the molecule is O=c1[nH]c(Nc2cccc3ccccc23)nc2c1ncn2[C@H]1C[C@H](O)[C@@H](CO)O1. The molecule has 4 N–H and O–H groups in total. The lowest BCUT2D eigenvalue weighted by Crippen LogP contribution is -2.24. The third-order valence-electron chi connectivity index (χ3n) is 5.17. The molecule has 9 nitrogen and oxygen atoms in total. The van der Waals surface area contributed by atoms with Crippen LogP contribution >= 0.6 is 0 Å². The molecule has 3 atom stereocenters. The van der Waals surface area contributed by atoms with Gasteiger partial charge in [0.2, 0.25) is 5.95 Å². The number of imidazole rings is 1. The number of nitrogens with one attached hydrogen (secondary N) is 2. The van der Waals surface area contributed by atoms with Crippen LogP contribution in [-0.4, -0.2) is 48.5 Å². The Kier molecular flexibility index (Phi) is 4.27. The maximum Gasteiger partial charge on any atom is 0.280 e. The van der Waals surface area contributed by atoms with Crippen LogP contribution in [-0.2, 0) is 4.74 Å². The normalized spacial score (nSPS) is 21.8. The number of aliphatic hydroxyl groups is 2. The van der Waals surface area contributed by atoms with E-state index >= 15 is 0 Å². The van der Waals surface area contributed by atoms with Gasteiger partial charge in [-0.15, -0.1) is 0 Å². The van der Waals surface area contributed by atoms with Crippen LogP contribution < -0.4 is 10.9 Å². The first-order valence-corrected chi connectivity index (χ1v) is 9.30. The second kappa shape index (κ2) is 6.96. The molecule has 0 unspecified atom stereocenters. The monoisotopic (exact) mass is 393 g/mol. The molecule has 0 bridgehead atoms.